The maximum absolute atomic E-state index is 13.6. The number of non-ortho nitro benzene ring substituents is 1. The summed E-state index contributed by atoms with van der Waals surface area (Å²) in [6.45, 7) is -0.111. The molecule has 4 rings (SSSR count). The summed E-state index contributed by atoms with van der Waals surface area (Å²) in [6, 6.07) is 5.15. The number of hydrogen-bond acceptors (Lipinski definition) is 5. The maximum Gasteiger partial charge on any atom is 0.420 e. The summed E-state index contributed by atoms with van der Waals surface area (Å²) in [6.07, 6.45) is -4.90. The molecule has 12 heteroatoms. The fourth-order valence-electron chi connectivity index (χ4n) is 3.61. The molecule has 28 heavy (non-hydrogen) atoms. The fraction of sp³-hybridized carbons (Fsp3) is 0.188. The lowest BCUT2D eigenvalue weighted by molar-refractivity contribution is -0.566. The first-order chi connectivity index (χ1) is 13.1. The number of nitro groups is 2. The molecule has 0 N–H and O–H groups in total. The summed E-state index contributed by atoms with van der Waals surface area (Å²) in [5, 5.41) is 35.1. The lowest BCUT2D eigenvalue weighted by atomic mass is 9.98. The van der Waals surface area contributed by atoms with Crippen LogP contribution in [0, 0.1) is 25.4 Å². The van der Waals surface area contributed by atoms with Crippen molar-refractivity contribution in [1.82, 2.24) is 4.57 Å². The van der Waals surface area contributed by atoms with E-state index in [1.807, 2.05) is 0 Å². The zero-order valence-corrected chi connectivity index (χ0v) is 13.8. The standard InChI is InChI=1S/C16H9F3N4O5/c17-16(18,19)11-6-8(22(25)26)7-13-14(11)20-5-4-9-10(15(20)21(13)24)2-1-3-12(9)23(27)28/h1-3,6-7H,4-5H2. The van der Waals surface area contributed by atoms with Crippen LogP contribution in [-0.2, 0) is 19.1 Å². The molecule has 2 heterocycles. The third-order valence-corrected chi connectivity index (χ3v) is 4.70. The van der Waals surface area contributed by atoms with Crippen molar-refractivity contribution in [3.63, 3.8) is 0 Å². The molecule has 0 fully saturated rings. The third-order valence-electron chi connectivity index (χ3n) is 4.70. The van der Waals surface area contributed by atoms with E-state index >= 15 is 0 Å². The summed E-state index contributed by atoms with van der Waals surface area (Å²) in [5.41, 5.74) is -3.06. The van der Waals surface area contributed by atoms with Crippen LogP contribution in [0.1, 0.15) is 11.1 Å². The van der Waals surface area contributed by atoms with E-state index in [4.69, 9.17) is 0 Å². The Bertz CT molecular complexity index is 1190. The molecule has 0 unspecified atom stereocenters. The van der Waals surface area contributed by atoms with E-state index in [9.17, 15) is 38.6 Å². The second-order valence-corrected chi connectivity index (χ2v) is 6.20. The van der Waals surface area contributed by atoms with Crippen molar-refractivity contribution in [3.8, 4) is 11.4 Å². The summed E-state index contributed by atoms with van der Waals surface area (Å²) in [5.74, 6) is -0.217. The van der Waals surface area contributed by atoms with Crippen molar-refractivity contribution < 1.29 is 27.7 Å². The van der Waals surface area contributed by atoms with Crippen LogP contribution >= 0.6 is 0 Å². The number of nitrogens with zero attached hydrogens (tertiary/aromatic N) is 4. The van der Waals surface area contributed by atoms with Gasteiger partial charge in [0, 0.05) is 24.1 Å². The van der Waals surface area contributed by atoms with Gasteiger partial charge in [-0.1, -0.05) is 6.07 Å². The van der Waals surface area contributed by atoms with E-state index in [1.165, 1.54) is 18.2 Å². The molecule has 0 atom stereocenters. The van der Waals surface area contributed by atoms with Crippen molar-refractivity contribution in [3.05, 3.63) is 66.9 Å². The van der Waals surface area contributed by atoms with Gasteiger partial charge >= 0.3 is 6.18 Å². The van der Waals surface area contributed by atoms with Gasteiger partial charge in [0.15, 0.2) is 11.0 Å². The number of aromatic nitrogens is 2. The third kappa shape index (κ3) is 2.37. The van der Waals surface area contributed by atoms with Crippen molar-refractivity contribution in [2.24, 2.45) is 0 Å². The summed E-state index contributed by atoms with van der Waals surface area (Å²) in [4.78, 5) is 20.6. The molecule has 0 amide bonds. The number of fused-ring (bicyclic) bond motifs is 5. The normalized spacial score (nSPS) is 13.2. The molecule has 3 aromatic rings. The fourth-order valence-corrected chi connectivity index (χ4v) is 3.61. The summed E-state index contributed by atoms with van der Waals surface area (Å²) >= 11 is 0. The van der Waals surface area contributed by atoms with E-state index < -0.39 is 38.3 Å². The largest absolute Gasteiger partial charge is 0.710 e. The van der Waals surface area contributed by atoms with Gasteiger partial charge in [-0.15, -0.1) is 0 Å². The number of imidazole rings is 1. The minimum atomic E-state index is -4.94. The number of nitro benzene ring substituents is 2. The van der Waals surface area contributed by atoms with Crippen LogP contribution < -0.4 is 4.73 Å². The molecule has 0 aliphatic carbocycles. The molecule has 2 aromatic carbocycles. The monoisotopic (exact) mass is 394 g/mol. The van der Waals surface area contributed by atoms with Gasteiger partial charge in [-0.2, -0.15) is 13.2 Å². The molecule has 0 spiro atoms. The van der Waals surface area contributed by atoms with Crippen molar-refractivity contribution in [2.75, 3.05) is 0 Å². The van der Waals surface area contributed by atoms with Crippen LogP contribution in [0.4, 0.5) is 24.5 Å². The Labute approximate surface area is 153 Å². The van der Waals surface area contributed by atoms with Gasteiger partial charge in [0.1, 0.15) is 5.56 Å². The molecular formula is C16H9F3N4O5. The van der Waals surface area contributed by atoms with Crippen molar-refractivity contribution >= 4 is 22.4 Å². The first kappa shape index (κ1) is 17.7. The average Bonchev–Trinajstić information content (AvgIpc) is 2.92. The molecule has 0 bridgehead atoms. The lowest BCUT2D eigenvalue weighted by Crippen LogP contribution is -2.30. The van der Waals surface area contributed by atoms with Crippen LogP contribution in [0.2, 0.25) is 0 Å². The highest BCUT2D eigenvalue weighted by Crippen LogP contribution is 2.41. The molecule has 0 saturated heterocycles. The van der Waals surface area contributed by atoms with Gasteiger partial charge in [0.25, 0.3) is 17.2 Å². The number of benzene rings is 2. The van der Waals surface area contributed by atoms with Crippen LogP contribution in [-0.4, -0.2) is 14.4 Å². The van der Waals surface area contributed by atoms with E-state index in [2.05, 4.69) is 0 Å². The number of hydrogen-bond donors (Lipinski definition) is 0. The lowest BCUT2D eigenvalue weighted by Gasteiger charge is -2.16. The van der Waals surface area contributed by atoms with Crippen LogP contribution in [0.15, 0.2) is 30.3 Å². The number of rotatable bonds is 2. The second-order valence-electron chi connectivity index (χ2n) is 6.20. The molecule has 1 aromatic heterocycles. The van der Waals surface area contributed by atoms with Gasteiger partial charge < -0.3 is 5.21 Å². The molecular weight excluding hydrogens is 385 g/mol. The Morgan fingerprint density at radius 2 is 1.82 bits per heavy atom. The zero-order valence-electron chi connectivity index (χ0n) is 13.8. The molecule has 9 nitrogen and oxygen atoms in total. The number of alkyl halides is 3. The highest BCUT2D eigenvalue weighted by atomic mass is 19.4. The van der Waals surface area contributed by atoms with E-state index in [0.717, 1.165) is 10.6 Å². The van der Waals surface area contributed by atoms with Gasteiger partial charge in [-0.25, -0.2) is 9.30 Å². The highest BCUT2D eigenvalue weighted by Gasteiger charge is 2.42. The van der Waals surface area contributed by atoms with Gasteiger partial charge in [0.2, 0.25) is 0 Å². The number of aryl methyl sites for hydroxylation is 1. The minimum absolute atomic E-state index is 0.0392. The Morgan fingerprint density at radius 3 is 2.43 bits per heavy atom. The predicted molar refractivity (Wildman–Crippen MR) is 88.3 cm³/mol. The number of halogens is 3. The van der Waals surface area contributed by atoms with Gasteiger partial charge in [-0.3, -0.25) is 20.2 Å². The van der Waals surface area contributed by atoms with Crippen LogP contribution in [0.25, 0.3) is 22.4 Å². The first-order valence-corrected chi connectivity index (χ1v) is 7.89. The van der Waals surface area contributed by atoms with E-state index in [1.54, 1.807) is 0 Å². The smallest absolute Gasteiger partial charge is 0.420 e. The summed E-state index contributed by atoms with van der Waals surface area (Å²) in [7, 11) is 0. The van der Waals surface area contributed by atoms with Gasteiger partial charge in [0.05, 0.1) is 28.0 Å². The van der Waals surface area contributed by atoms with Crippen molar-refractivity contribution in [2.45, 2.75) is 19.1 Å². The Morgan fingerprint density at radius 1 is 1.11 bits per heavy atom. The average molecular weight is 394 g/mol. The van der Waals surface area contributed by atoms with Crippen molar-refractivity contribution in [1.29, 1.82) is 0 Å². The highest BCUT2D eigenvalue weighted by molar-refractivity contribution is 5.84. The quantitative estimate of drug-likeness (QED) is 0.286. The van der Waals surface area contributed by atoms with Gasteiger partial charge in [-0.05, 0) is 6.07 Å². The van der Waals surface area contributed by atoms with E-state index in [0.29, 0.717) is 6.07 Å². The zero-order chi connectivity index (χ0) is 20.4. The maximum atomic E-state index is 13.6. The molecule has 1 aliphatic heterocycles. The Hall–Kier alpha value is -3.70. The molecule has 144 valence electrons. The van der Waals surface area contributed by atoms with E-state index in [-0.39, 0.29) is 40.3 Å². The minimum Gasteiger partial charge on any atom is -0.710 e. The molecule has 1 aliphatic rings. The van der Waals surface area contributed by atoms with Crippen LogP contribution in [0.5, 0.6) is 0 Å². The Balaban J connectivity index is 2.14. The van der Waals surface area contributed by atoms with Crippen LogP contribution in [0.3, 0.4) is 0 Å². The second kappa shape index (κ2) is 5.65. The summed E-state index contributed by atoms with van der Waals surface area (Å²) < 4.78 is 42.0. The SMILES string of the molecule is O=[N+]([O-])c1cc(C(F)(F)F)c2c(c1)[n+]([O-])c1n2CCc2c-1cccc2[N+](=O)[O-]. The molecule has 0 saturated carbocycles. The topological polar surface area (TPSA) is 118 Å². The molecule has 0 radical (unpaired) electrons. The predicted octanol–water partition coefficient (Wildman–Crippen LogP) is 3.33. The first-order valence-electron chi connectivity index (χ1n) is 7.89. The Kier molecular flexibility index (Phi) is 3.57.